The summed E-state index contributed by atoms with van der Waals surface area (Å²) < 4.78 is 0. The number of unbranched alkanes of at least 4 members (excludes halogenated alkanes) is 1. The van der Waals surface area contributed by atoms with Crippen LogP contribution in [0.25, 0.3) is 0 Å². The third-order valence-electron chi connectivity index (χ3n) is 3.45. The molecule has 0 N–H and O–H groups in total. The summed E-state index contributed by atoms with van der Waals surface area (Å²) in [5.74, 6) is 1.87. The predicted octanol–water partition coefficient (Wildman–Crippen LogP) is 3.54. The van der Waals surface area contributed by atoms with Gasteiger partial charge >= 0.3 is 0 Å². The van der Waals surface area contributed by atoms with E-state index in [4.69, 9.17) is 0 Å². The van der Waals surface area contributed by atoms with Gasteiger partial charge in [-0.3, -0.25) is 0 Å². The van der Waals surface area contributed by atoms with Crippen LogP contribution in [-0.2, 0) is 0 Å². The van der Waals surface area contributed by atoms with Crippen molar-refractivity contribution in [2.45, 2.75) is 58.9 Å². The molecule has 1 fully saturated rings. The summed E-state index contributed by atoms with van der Waals surface area (Å²) in [6.45, 7) is 8.18. The minimum atomic E-state index is 0.815. The molecule has 14 heavy (non-hydrogen) atoms. The van der Waals surface area contributed by atoms with Crippen LogP contribution in [0.1, 0.15) is 52.9 Å². The third-order valence-corrected chi connectivity index (χ3v) is 3.45. The van der Waals surface area contributed by atoms with E-state index in [1.165, 1.54) is 38.6 Å². The van der Waals surface area contributed by atoms with Gasteiger partial charge in [-0.05, 0) is 31.7 Å². The first kappa shape index (κ1) is 12.0. The van der Waals surface area contributed by atoms with E-state index >= 15 is 0 Å². The van der Waals surface area contributed by atoms with Gasteiger partial charge in [-0.25, -0.2) is 0 Å². The van der Waals surface area contributed by atoms with Gasteiger partial charge in [0.1, 0.15) is 0 Å². The highest BCUT2D eigenvalue weighted by Crippen LogP contribution is 2.34. The fraction of sp³-hybridized carbons (Fsp3) is 1.00. The van der Waals surface area contributed by atoms with Crippen LogP contribution in [0.15, 0.2) is 0 Å². The largest absolute Gasteiger partial charge is 0.303 e. The zero-order chi connectivity index (χ0) is 10.6. The Morgan fingerprint density at radius 1 is 1.29 bits per heavy atom. The second-order valence-corrected chi connectivity index (χ2v) is 5.47. The van der Waals surface area contributed by atoms with Crippen LogP contribution in [-0.4, -0.2) is 24.5 Å². The molecule has 0 amide bonds. The zero-order valence-corrected chi connectivity index (χ0v) is 10.4. The molecule has 0 aromatic rings. The Morgan fingerprint density at radius 2 is 1.93 bits per heavy atom. The van der Waals surface area contributed by atoms with Crippen molar-refractivity contribution >= 4 is 0 Å². The Kier molecular flexibility index (Phi) is 4.94. The van der Waals surface area contributed by atoms with Crippen molar-refractivity contribution in [2.75, 3.05) is 13.6 Å². The van der Waals surface area contributed by atoms with E-state index in [-0.39, 0.29) is 0 Å². The molecule has 0 spiro atoms. The minimum absolute atomic E-state index is 0.815. The number of nitrogens with zero attached hydrogens (tertiary/aromatic N) is 1. The molecule has 1 nitrogen and oxygen atoms in total. The average molecular weight is 197 g/mol. The lowest BCUT2D eigenvalue weighted by Gasteiger charge is -2.42. The first-order chi connectivity index (χ1) is 6.63. The van der Waals surface area contributed by atoms with Crippen molar-refractivity contribution in [3.63, 3.8) is 0 Å². The maximum atomic E-state index is 2.56. The molecule has 0 saturated heterocycles. The van der Waals surface area contributed by atoms with Gasteiger partial charge in [0, 0.05) is 12.6 Å². The summed E-state index contributed by atoms with van der Waals surface area (Å²) in [4.78, 5) is 2.56. The highest BCUT2D eigenvalue weighted by atomic mass is 15.1. The van der Waals surface area contributed by atoms with Crippen molar-refractivity contribution in [3.05, 3.63) is 0 Å². The van der Waals surface area contributed by atoms with Crippen LogP contribution in [0.3, 0.4) is 0 Å². The van der Waals surface area contributed by atoms with E-state index in [9.17, 15) is 0 Å². The zero-order valence-electron chi connectivity index (χ0n) is 10.4. The molecule has 1 rings (SSSR count). The monoisotopic (exact) mass is 197 g/mol. The summed E-state index contributed by atoms with van der Waals surface area (Å²) >= 11 is 0. The molecule has 0 unspecified atom stereocenters. The van der Waals surface area contributed by atoms with E-state index < -0.39 is 0 Å². The predicted molar refractivity (Wildman–Crippen MR) is 63.5 cm³/mol. The lowest BCUT2D eigenvalue weighted by molar-refractivity contribution is 0.0856. The SMILES string of the molecule is CCCCC1CC(N(C)CC(C)C)C1. The molecule has 0 aromatic heterocycles. The van der Waals surface area contributed by atoms with E-state index in [0.717, 1.165) is 17.9 Å². The van der Waals surface area contributed by atoms with Gasteiger partial charge in [-0.15, -0.1) is 0 Å². The van der Waals surface area contributed by atoms with E-state index in [1.807, 2.05) is 0 Å². The van der Waals surface area contributed by atoms with Gasteiger partial charge in [0.15, 0.2) is 0 Å². The molecular weight excluding hydrogens is 170 g/mol. The molecule has 1 aliphatic rings. The standard InChI is InChI=1S/C13H27N/c1-5-6-7-12-8-13(9-12)14(4)10-11(2)3/h11-13H,5-10H2,1-4H3. The topological polar surface area (TPSA) is 3.24 Å². The summed E-state index contributed by atoms with van der Waals surface area (Å²) in [6.07, 6.45) is 7.20. The smallest absolute Gasteiger partial charge is 0.00976 e. The van der Waals surface area contributed by atoms with Crippen molar-refractivity contribution in [1.82, 2.24) is 4.90 Å². The molecule has 0 radical (unpaired) electrons. The fourth-order valence-corrected chi connectivity index (χ4v) is 2.51. The Bertz CT molecular complexity index is 147. The Hall–Kier alpha value is -0.0400. The molecule has 1 saturated carbocycles. The molecule has 0 aromatic carbocycles. The average Bonchev–Trinajstić information content (AvgIpc) is 2.00. The minimum Gasteiger partial charge on any atom is -0.303 e. The highest BCUT2D eigenvalue weighted by Gasteiger charge is 2.31. The quantitative estimate of drug-likeness (QED) is 0.629. The molecule has 1 heteroatoms. The summed E-state index contributed by atoms with van der Waals surface area (Å²) in [5, 5.41) is 0. The van der Waals surface area contributed by atoms with Crippen molar-refractivity contribution in [1.29, 1.82) is 0 Å². The first-order valence-corrected chi connectivity index (χ1v) is 6.33. The second-order valence-electron chi connectivity index (χ2n) is 5.47. The van der Waals surface area contributed by atoms with Crippen LogP contribution in [0, 0.1) is 11.8 Å². The maximum absolute atomic E-state index is 2.56. The highest BCUT2D eigenvalue weighted by molar-refractivity contribution is 4.85. The van der Waals surface area contributed by atoms with Gasteiger partial charge < -0.3 is 4.90 Å². The number of hydrogen-bond acceptors (Lipinski definition) is 1. The third kappa shape index (κ3) is 3.61. The van der Waals surface area contributed by atoms with Crippen molar-refractivity contribution in [2.24, 2.45) is 11.8 Å². The lowest BCUT2D eigenvalue weighted by Crippen LogP contribution is -2.43. The normalized spacial score (nSPS) is 27.0. The van der Waals surface area contributed by atoms with Crippen molar-refractivity contribution in [3.8, 4) is 0 Å². The molecule has 0 bridgehead atoms. The molecule has 0 heterocycles. The van der Waals surface area contributed by atoms with Crippen molar-refractivity contribution < 1.29 is 0 Å². The number of hydrogen-bond donors (Lipinski definition) is 0. The van der Waals surface area contributed by atoms with Gasteiger partial charge in [0.05, 0.1) is 0 Å². The Labute approximate surface area is 89.9 Å². The Morgan fingerprint density at radius 3 is 2.43 bits per heavy atom. The van der Waals surface area contributed by atoms with E-state index in [2.05, 4.69) is 32.7 Å². The van der Waals surface area contributed by atoms with Crippen LogP contribution in [0.2, 0.25) is 0 Å². The second kappa shape index (κ2) is 5.75. The van der Waals surface area contributed by atoms with Gasteiger partial charge in [0.25, 0.3) is 0 Å². The lowest BCUT2D eigenvalue weighted by atomic mass is 9.76. The van der Waals surface area contributed by atoms with Gasteiger partial charge in [0.2, 0.25) is 0 Å². The van der Waals surface area contributed by atoms with Crippen LogP contribution in [0.5, 0.6) is 0 Å². The summed E-state index contributed by atoms with van der Waals surface area (Å²) in [7, 11) is 2.29. The fourth-order valence-electron chi connectivity index (χ4n) is 2.51. The molecule has 1 aliphatic carbocycles. The Balaban J connectivity index is 2.08. The van der Waals surface area contributed by atoms with Crippen LogP contribution in [0.4, 0.5) is 0 Å². The van der Waals surface area contributed by atoms with Gasteiger partial charge in [-0.1, -0.05) is 40.0 Å². The van der Waals surface area contributed by atoms with Crippen LogP contribution >= 0.6 is 0 Å². The molecule has 84 valence electrons. The summed E-state index contributed by atoms with van der Waals surface area (Å²) in [6, 6.07) is 0.902. The maximum Gasteiger partial charge on any atom is 0.00976 e. The van der Waals surface area contributed by atoms with Crippen LogP contribution < -0.4 is 0 Å². The summed E-state index contributed by atoms with van der Waals surface area (Å²) in [5.41, 5.74) is 0. The van der Waals surface area contributed by atoms with E-state index in [0.29, 0.717) is 0 Å². The van der Waals surface area contributed by atoms with E-state index in [1.54, 1.807) is 0 Å². The van der Waals surface area contributed by atoms with Gasteiger partial charge in [-0.2, -0.15) is 0 Å². The molecule has 0 aliphatic heterocycles. The molecular formula is C13H27N. The molecule has 0 atom stereocenters. The first-order valence-electron chi connectivity index (χ1n) is 6.33. The number of rotatable bonds is 6.